The number of allylic oxidation sites excluding steroid dienone is 1. The molecule has 1 aromatic carbocycles. The Kier molecular flexibility index (Phi) is 6.69. The quantitative estimate of drug-likeness (QED) is 0.606. The van der Waals surface area contributed by atoms with Gasteiger partial charge < -0.3 is 15.2 Å². The van der Waals surface area contributed by atoms with Gasteiger partial charge in [0.05, 0.1) is 6.61 Å². The summed E-state index contributed by atoms with van der Waals surface area (Å²) in [5.41, 5.74) is 3.38. The highest BCUT2D eigenvalue weighted by atomic mass is 16.5. The van der Waals surface area contributed by atoms with Gasteiger partial charge in [0, 0.05) is 18.3 Å². The number of hydrogen-bond acceptors (Lipinski definition) is 4. The van der Waals surface area contributed by atoms with Gasteiger partial charge in [-0.2, -0.15) is 0 Å². The second-order valence-corrected chi connectivity index (χ2v) is 8.47. The average Bonchev–Trinajstić information content (AvgIpc) is 2.43. The van der Waals surface area contributed by atoms with Gasteiger partial charge in [0.15, 0.2) is 0 Å². The molecule has 0 aromatic heterocycles. The molecule has 25 heavy (non-hydrogen) atoms. The van der Waals surface area contributed by atoms with Gasteiger partial charge in [-0.1, -0.05) is 41.5 Å². The van der Waals surface area contributed by atoms with Gasteiger partial charge >= 0.3 is 5.97 Å². The molecule has 0 saturated heterocycles. The van der Waals surface area contributed by atoms with Gasteiger partial charge in [0.1, 0.15) is 5.75 Å². The Hall–Kier alpha value is -1.97. The van der Waals surface area contributed by atoms with E-state index in [0.29, 0.717) is 18.9 Å². The van der Waals surface area contributed by atoms with Crippen molar-refractivity contribution in [2.45, 2.75) is 72.8 Å². The highest BCUT2D eigenvalue weighted by molar-refractivity contribution is 5.82. The molecule has 1 rings (SSSR count). The predicted molar refractivity (Wildman–Crippen MR) is 103 cm³/mol. The molecule has 0 atom stereocenters. The van der Waals surface area contributed by atoms with Crippen molar-refractivity contribution in [3.05, 3.63) is 40.6 Å². The fourth-order valence-electron chi connectivity index (χ4n) is 2.59. The largest absolute Gasteiger partial charge is 0.507 e. The molecule has 0 bridgehead atoms. The normalized spacial score (nSPS) is 12.9. The lowest BCUT2D eigenvalue weighted by Crippen LogP contribution is -2.19. The summed E-state index contributed by atoms with van der Waals surface area (Å²) < 4.78 is 4.92. The maximum Gasteiger partial charge on any atom is 0.332 e. The second-order valence-electron chi connectivity index (χ2n) is 8.47. The second kappa shape index (κ2) is 7.94. The predicted octanol–water partition coefficient (Wildman–Crippen LogP) is 4.54. The third-order valence-corrected chi connectivity index (χ3v) is 3.98. The van der Waals surface area contributed by atoms with E-state index < -0.39 is 0 Å². The number of esters is 1. The van der Waals surface area contributed by atoms with E-state index >= 15 is 0 Å². The minimum absolute atomic E-state index is 0.157. The molecule has 0 spiro atoms. The number of phenols is 1. The van der Waals surface area contributed by atoms with Crippen molar-refractivity contribution in [3.8, 4) is 5.75 Å². The summed E-state index contributed by atoms with van der Waals surface area (Å²) in [6.07, 6.45) is 1.46. The van der Waals surface area contributed by atoms with Gasteiger partial charge in [-0.25, -0.2) is 4.79 Å². The fraction of sp³-hybridized carbons (Fsp3) is 0.571. The number of aromatic hydroxyl groups is 1. The van der Waals surface area contributed by atoms with E-state index in [9.17, 15) is 9.90 Å². The lowest BCUT2D eigenvalue weighted by Gasteiger charge is -2.28. The standard InChI is InChI=1S/C21H33NO3/c1-9-25-18(23)10-14(2)22-13-15-11-16(20(3,4)5)19(24)17(12-15)21(6,7)8/h10-12,22,24H,9,13H2,1-8H3. The number of rotatable bonds is 5. The number of carbonyl (C=O) groups excluding carboxylic acids is 1. The monoisotopic (exact) mass is 347 g/mol. The lowest BCUT2D eigenvalue weighted by molar-refractivity contribution is -0.137. The number of phenolic OH excluding ortho intramolecular Hbond substituents is 1. The summed E-state index contributed by atoms with van der Waals surface area (Å²) in [6.45, 7) is 17.1. The third kappa shape index (κ3) is 6.11. The third-order valence-electron chi connectivity index (χ3n) is 3.98. The molecular formula is C21H33NO3. The van der Waals surface area contributed by atoms with Crippen LogP contribution in [0.4, 0.5) is 0 Å². The van der Waals surface area contributed by atoms with Crippen molar-refractivity contribution in [2.24, 2.45) is 0 Å². The van der Waals surface area contributed by atoms with Crippen LogP contribution >= 0.6 is 0 Å². The lowest BCUT2D eigenvalue weighted by atomic mass is 9.78. The molecule has 4 nitrogen and oxygen atoms in total. The van der Waals surface area contributed by atoms with Gasteiger partial charge in [0.25, 0.3) is 0 Å². The Morgan fingerprint density at radius 1 is 1.12 bits per heavy atom. The summed E-state index contributed by atoms with van der Waals surface area (Å²) in [6, 6.07) is 4.07. The van der Waals surface area contributed by atoms with E-state index in [-0.39, 0.29) is 16.8 Å². The van der Waals surface area contributed by atoms with Crippen LogP contribution in [0.2, 0.25) is 0 Å². The SMILES string of the molecule is CCOC(=O)C=C(C)NCc1cc(C(C)(C)C)c(O)c(C(C)(C)C)c1. The Balaban J connectivity index is 3.14. The molecule has 4 heteroatoms. The number of nitrogens with one attached hydrogen (secondary N) is 1. The van der Waals surface area contributed by atoms with Crippen molar-refractivity contribution >= 4 is 5.97 Å². The van der Waals surface area contributed by atoms with Crippen LogP contribution in [-0.2, 0) is 26.9 Å². The summed E-state index contributed by atoms with van der Waals surface area (Å²) in [5, 5.41) is 14.0. The minimum Gasteiger partial charge on any atom is -0.507 e. The van der Waals surface area contributed by atoms with Gasteiger partial charge in [-0.3, -0.25) is 0 Å². The molecule has 0 saturated carbocycles. The Morgan fingerprint density at radius 2 is 1.60 bits per heavy atom. The van der Waals surface area contributed by atoms with Crippen molar-refractivity contribution < 1.29 is 14.6 Å². The topological polar surface area (TPSA) is 58.6 Å². The number of carbonyl (C=O) groups is 1. The summed E-state index contributed by atoms with van der Waals surface area (Å²) in [4.78, 5) is 11.5. The molecule has 2 N–H and O–H groups in total. The summed E-state index contributed by atoms with van der Waals surface area (Å²) in [7, 11) is 0. The first-order valence-corrected chi connectivity index (χ1v) is 8.82. The van der Waals surface area contributed by atoms with Crippen molar-refractivity contribution in [1.82, 2.24) is 5.32 Å². The van der Waals surface area contributed by atoms with Crippen LogP contribution in [0.3, 0.4) is 0 Å². The van der Waals surface area contributed by atoms with Crippen LogP contribution in [0, 0.1) is 0 Å². The van der Waals surface area contributed by atoms with Crippen molar-refractivity contribution in [1.29, 1.82) is 0 Å². The van der Waals surface area contributed by atoms with E-state index in [4.69, 9.17) is 4.74 Å². The zero-order valence-electron chi connectivity index (χ0n) is 16.9. The molecule has 0 radical (unpaired) electrons. The highest BCUT2D eigenvalue weighted by Gasteiger charge is 2.26. The van der Waals surface area contributed by atoms with Gasteiger partial charge in [0.2, 0.25) is 0 Å². The van der Waals surface area contributed by atoms with Gasteiger partial charge in [-0.05, 0) is 53.5 Å². The number of hydrogen-bond donors (Lipinski definition) is 2. The molecule has 0 aliphatic heterocycles. The van der Waals surface area contributed by atoms with Gasteiger partial charge in [-0.15, -0.1) is 0 Å². The van der Waals surface area contributed by atoms with E-state index in [1.54, 1.807) is 6.92 Å². The first kappa shape index (κ1) is 21.1. The van der Waals surface area contributed by atoms with E-state index in [0.717, 1.165) is 22.4 Å². The van der Waals surface area contributed by atoms with Crippen LogP contribution in [-0.4, -0.2) is 17.7 Å². The zero-order valence-corrected chi connectivity index (χ0v) is 16.9. The van der Waals surface area contributed by atoms with E-state index in [1.807, 2.05) is 19.1 Å². The van der Waals surface area contributed by atoms with E-state index in [2.05, 4.69) is 46.9 Å². The summed E-state index contributed by atoms with van der Waals surface area (Å²) in [5.74, 6) is 0.0338. The minimum atomic E-state index is -0.344. The molecule has 0 fully saturated rings. The zero-order chi connectivity index (χ0) is 19.4. The smallest absolute Gasteiger partial charge is 0.332 e. The van der Waals surface area contributed by atoms with Crippen LogP contribution in [0.25, 0.3) is 0 Å². The first-order chi connectivity index (χ1) is 11.4. The Labute approximate surface area is 152 Å². The maximum atomic E-state index is 11.5. The maximum absolute atomic E-state index is 11.5. The molecule has 0 heterocycles. The fourth-order valence-corrected chi connectivity index (χ4v) is 2.59. The molecule has 0 unspecified atom stereocenters. The molecule has 0 aliphatic carbocycles. The molecule has 1 aromatic rings. The van der Waals surface area contributed by atoms with Crippen molar-refractivity contribution in [3.63, 3.8) is 0 Å². The van der Waals surface area contributed by atoms with Crippen LogP contribution in [0.15, 0.2) is 23.9 Å². The molecule has 0 amide bonds. The van der Waals surface area contributed by atoms with Crippen LogP contribution < -0.4 is 5.32 Å². The molecular weight excluding hydrogens is 314 g/mol. The Morgan fingerprint density at radius 3 is 2.00 bits per heavy atom. The molecule has 0 aliphatic rings. The van der Waals surface area contributed by atoms with Crippen molar-refractivity contribution in [2.75, 3.05) is 6.61 Å². The highest BCUT2D eigenvalue weighted by Crippen LogP contribution is 2.39. The van der Waals surface area contributed by atoms with E-state index in [1.165, 1.54) is 6.08 Å². The van der Waals surface area contributed by atoms with Crippen LogP contribution in [0.1, 0.15) is 72.1 Å². The number of ether oxygens (including phenoxy) is 1. The average molecular weight is 347 g/mol. The molecule has 140 valence electrons. The first-order valence-electron chi connectivity index (χ1n) is 8.82. The Bertz CT molecular complexity index is 611. The summed E-state index contributed by atoms with van der Waals surface area (Å²) >= 11 is 0. The van der Waals surface area contributed by atoms with Crippen LogP contribution in [0.5, 0.6) is 5.75 Å². The number of benzene rings is 1.